The summed E-state index contributed by atoms with van der Waals surface area (Å²) in [7, 11) is 0. The lowest BCUT2D eigenvalue weighted by Gasteiger charge is -2.45. The summed E-state index contributed by atoms with van der Waals surface area (Å²) in [5, 5.41) is 3.27. The van der Waals surface area contributed by atoms with Crippen molar-refractivity contribution in [3.8, 4) is 11.5 Å². The Kier molecular flexibility index (Phi) is 5.76. The third-order valence-corrected chi connectivity index (χ3v) is 6.64. The standard InChI is InChI=1S/C24H33N3O3/c1-17(2)13-14-27-22(28)20-12-11-19(21-10-7-15-30-21)26(20)16-24(27,3)23(29)25-18-8-5-4-6-9-18/h7,10-12,15,17-18H,4-6,8-9,13-14,16H2,1-3H3,(H,25,29)/t24-/m0/s1. The van der Waals surface area contributed by atoms with Gasteiger partial charge in [-0.1, -0.05) is 33.1 Å². The fraction of sp³-hybridized carbons (Fsp3) is 0.583. The predicted octanol–water partition coefficient (Wildman–Crippen LogP) is 4.46. The number of amides is 2. The van der Waals surface area contributed by atoms with Crippen molar-refractivity contribution in [1.82, 2.24) is 14.8 Å². The fourth-order valence-electron chi connectivity index (χ4n) is 4.74. The van der Waals surface area contributed by atoms with E-state index in [1.807, 2.05) is 35.8 Å². The van der Waals surface area contributed by atoms with E-state index in [1.165, 1.54) is 6.42 Å². The zero-order valence-electron chi connectivity index (χ0n) is 18.3. The number of hydrogen-bond donors (Lipinski definition) is 1. The summed E-state index contributed by atoms with van der Waals surface area (Å²) in [6.07, 6.45) is 8.09. The van der Waals surface area contributed by atoms with Gasteiger partial charge >= 0.3 is 0 Å². The van der Waals surface area contributed by atoms with E-state index in [2.05, 4.69) is 19.2 Å². The Balaban J connectivity index is 1.68. The van der Waals surface area contributed by atoms with E-state index in [0.29, 0.717) is 30.5 Å². The molecule has 2 aromatic heterocycles. The zero-order valence-corrected chi connectivity index (χ0v) is 18.3. The maximum Gasteiger partial charge on any atom is 0.271 e. The van der Waals surface area contributed by atoms with E-state index in [9.17, 15) is 9.59 Å². The van der Waals surface area contributed by atoms with E-state index in [1.54, 1.807) is 11.2 Å². The lowest BCUT2D eigenvalue weighted by Crippen LogP contribution is -2.65. The van der Waals surface area contributed by atoms with Crippen molar-refractivity contribution in [1.29, 1.82) is 0 Å². The van der Waals surface area contributed by atoms with E-state index >= 15 is 0 Å². The number of carbonyl (C=O) groups is 2. The highest BCUT2D eigenvalue weighted by Crippen LogP contribution is 2.34. The number of fused-ring (bicyclic) bond motifs is 1. The first-order chi connectivity index (χ1) is 14.4. The van der Waals surface area contributed by atoms with Gasteiger partial charge in [-0.05, 0) is 56.4 Å². The Morgan fingerprint density at radius 1 is 1.20 bits per heavy atom. The highest BCUT2D eigenvalue weighted by Gasteiger charge is 2.48. The van der Waals surface area contributed by atoms with Crippen LogP contribution in [0.1, 0.15) is 69.8 Å². The molecular formula is C24H33N3O3. The van der Waals surface area contributed by atoms with E-state index in [-0.39, 0.29) is 17.9 Å². The third-order valence-electron chi connectivity index (χ3n) is 6.64. The van der Waals surface area contributed by atoms with Gasteiger partial charge in [0.2, 0.25) is 5.91 Å². The highest BCUT2D eigenvalue weighted by atomic mass is 16.3. The maximum atomic E-state index is 13.6. The normalized spacial score (nSPS) is 22.4. The van der Waals surface area contributed by atoms with Crippen molar-refractivity contribution in [2.75, 3.05) is 6.54 Å². The summed E-state index contributed by atoms with van der Waals surface area (Å²) < 4.78 is 7.54. The van der Waals surface area contributed by atoms with Crippen LogP contribution in [0.4, 0.5) is 0 Å². The second-order valence-corrected chi connectivity index (χ2v) is 9.39. The number of carbonyl (C=O) groups excluding carboxylic acids is 2. The Morgan fingerprint density at radius 3 is 2.60 bits per heavy atom. The summed E-state index contributed by atoms with van der Waals surface area (Å²) in [5.41, 5.74) is 0.521. The second-order valence-electron chi connectivity index (χ2n) is 9.39. The summed E-state index contributed by atoms with van der Waals surface area (Å²) in [6.45, 7) is 7.20. The van der Waals surface area contributed by atoms with Gasteiger partial charge in [-0.3, -0.25) is 9.59 Å². The molecule has 6 nitrogen and oxygen atoms in total. The molecule has 0 aromatic carbocycles. The molecule has 4 rings (SSSR count). The van der Waals surface area contributed by atoms with Gasteiger partial charge in [-0.25, -0.2) is 0 Å². The quantitative estimate of drug-likeness (QED) is 0.763. The van der Waals surface area contributed by atoms with Crippen molar-refractivity contribution < 1.29 is 14.0 Å². The Labute approximate surface area is 178 Å². The van der Waals surface area contributed by atoms with Gasteiger partial charge in [0.25, 0.3) is 5.91 Å². The molecule has 1 fully saturated rings. The molecule has 1 N–H and O–H groups in total. The highest BCUT2D eigenvalue weighted by molar-refractivity contribution is 6.00. The van der Waals surface area contributed by atoms with E-state index in [4.69, 9.17) is 4.42 Å². The summed E-state index contributed by atoms with van der Waals surface area (Å²) in [4.78, 5) is 28.9. The van der Waals surface area contributed by atoms with Gasteiger partial charge in [-0.2, -0.15) is 0 Å². The van der Waals surface area contributed by atoms with Gasteiger partial charge in [0.05, 0.1) is 18.5 Å². The lowest BCUT2D eigenvalue weighted by atomic mass is 9.91. The van der Waals surface area contributed by atoms with Crippen molar-refractivity contribution in [3.63, 3.8) is 0 Å². The minimum atomic E-state index is -0.934. The van der Waals surface area contributed by atoms with Crippen molar-refractivity contribution in [3.05, 3.63) is 36.2 Å². The molecule has 2 aliphatic rings. The minimum Gasteiger partial charge on any atom is -0.463 e. The molecule has 0 bridgehead atoms. The smallest absolute Gasteiger partial charge is 0.271 e. The molecule has 2 aromatic rings. The Morgan fingerprint density at radius 2 is 1.93 bits per heavy atom. The van der Waals surface area contributed by atoms with Gasteiger partial charge in [-0.15, -0.1) is 0 Å². The van der Waals surface area contributed by atoms with Crippen molar-refractivity contribution in [2.24, 2.45) is 5.92 Å². The minimum absolute atomic E-state index is 0.0451. The van der Waals surface area contributed by atoms with Crippen molar-refractivity contribution in [2.45, 2.75) is 77.4 Å². The molecule has 162 valence electrons. The van der Waals surface area contributed by atoms with Crippen LogP contribution in [0.5, 0.6) is 0 Å². The van der Waals surface area contributed by atoms with Crippen LogP contribution in [-0.4, -0.2) is 39.4 Å². The van der Waals surface area contributed by atoms with Gasteiger partial charge in [0.1, 0.15) is 17.0 Å². The Bertz CT molecular complexity index is 893. The third kappa shape index (κ3) is 3.80. The molecule has 1 aliphatic heterocycles. The molecule has 1 saturated carbocycles. The van der Waals surface area contributed by atoms with Gasteiger partial charge in [0.15, 0.2) is 0 Å². The SMILES string of the molecule is CC(C)CCN1C(=O)c2ccc(-c3ccco3)n2C[C@@]1(C)C(=O)NC1CCCCC1. The first-order valence-corrected chi connectivity index (χ1v) is 11.3. The van der Waals surface area contributed by atoms with Crippen LogP contribution in [-0.2, 0) is 11.3 Å². The molecule has 0 unspecified atom stereocenters. The molecule has 0 spiro atoms. The molecule has 0 saturated heterocycles. The largest absolute Gasteiger partial charge is 0.463 e. The average Bonchev–Trinajstić information content (AvgIpc) is 3.38. The van der Waals surface area contributed by atoms with Crippen LogP contribution < -0.4 is 5.32 Å². The number of nitrogens with one attached hydrogen (secondary N) is 1. The number of nitrogens with zero attached hydrogens (tertiary/aromatic N) is 2. The molecular weight excluding hydrogens is 378 g/mol. The molecule has 0 radical (unpaired) electrons. The summed E-state index contributed by atoms with van der Waals surface area (Å²) >= 11 is 0. The molecule has 1 atom stereocenters. The number of furan rings is 1. The monoisotopic (exact) mass is 411 g/mol. The second kappa shape index (κ2) is 8.32. The topological polar surface area (TPSA) is 67.5 Å². The van der Waals surface area contributed by atoms with Crippen LogP contribution in [0.15, 0.2) is 34.9 Å². The zero-order chi connectivity index (χ0) is 21.3. The summed E-state index contributed by atoms with van der Waals surface area (Å²) in [6, 6.07) is 7.70. The van der Waals surface area contributed by atoms with Crippen LogP contribution in [0.3, 0.4) is 0 Å². The average molecular weight is 412 g/mol. The van der Waals surface area contributed by atoms with E-state index < -0.39 is 5.54 Å². The number of hydrogen-bond acceptors (Lipinski definition) is 3. The summed E-state index contributed by atoms with van der Waals surface area (Å²) in [5.74, 6) is 1.04. The van der Waals surface area contributed by atoms with Crippen LogP contribution in [0.2, 0.25) is 0 Å². The molecule has 2 amide bonds. The first kappa shape index (κ1) is 20.8. The predicted molar refractivity (Wildman–Crippen MR) is 116 cm³/mol. The number of rotatable bonds is 6. The van der Waals surface area contributed by atoms with Crippen LogP contribution in [0, 0.1) is 5.92 Å². The molecule has 6 heteroatoms. The first-order valence-electron chi connectivity index (χ1n) is 11.3. The van der Waals surface area contributed by atoms with Crippen molar-refractivity contribution >= 4 is 11.8 Å². The van der Waals surface area contributed by atoms with Crippen LogP contribution in [0.25, 0.3) is 11.5 Å². The van der Waals surface area contributed by atoms with Gasteiger partial charge in [0, 0.05) is 12.6 Å². The molecule has 3 heterocycles. The maximum absolute atomic E-state index is 13.6. The fourth-order valence-corrected chi connectivity index (χ4v) is 4.74. The molecule has 30 heavy (non-hydrogen) atoms. The lowest BCUT2D eigenvalue weighted by molar-refractivity contribution is -0.133. The van der Waals surface area contributed by atoms with Crippen LogP contribution >= 0.6 is 0 Å². The number of aromatic nitrogens is 1. The molecule has 1 aliphatic carbocycles. The van der Waals surface area contributed by atoms with E-state index in [0.717, 1.165) is 37.8 Å². The Hall–Kier alpha value is -2.50. The van der Waals surface area contributed by atoms with Gasteiger partial charge < -0.3 is 19.2 Å².